The van der Waals surface area contributed by atoms with E-state index in [0.29, 0.717) is 49.1 Å². The number of benzene rings is 1. The second-order valence-corrected chi connectivity index (χ2v) is 7.98. The predicted octanol–water partition coefficient (Wildman–Crippen LogP) is 2.73. The first-order chi connectivity index (χ1) is 16.3. The predicted molar refractivity (Wildman–Crippen MR) is 118 cm³/mol. The zero-order valence-electron chi connectivity index (χ0n) is 17.8. The highest BCUT2D eigenvalue weighted by Gasteiger charge is 2.34. The summed E-state index contributed by atoms with van der Waals surface area (Å²) in [5.74, 6) is -0.499. The number of rotatable bonds is 2. The van der Waals surface area contributed by atoms with Gasteiger partial charge in [-0.05, 0) is 36.4 Å². The van der Waals surface area contributed by atoms with Crippen LogP contribution in [0.5, 0.6) is 0 Å². The molecule has 0 N–H and O–H groups in total. The highest BCUT2D eigenvalue weighted by Crippen LogP contribution is 2.28. The Bertz CT molecular complexity index is 1250. The lowest BCUT2D eigenvalue weighted by atomic mass is 9.97. The summed E-state index contributed by atoms with van der Waals surface area (Å²) in [5, 5.41) is 3.54. The van der Waals surface area contributed by atoms with E-state index in [1.54, 1.807) is 47.4 Å². The highest BCUT2D eigenvalue weighted by atomic mass is 19.4. The van der Waals surface area contributed by atoms with Crippen LogP contribution in [0, 0.1) is 5.92 Å². The second kappa shape index (κ2) is 8.40. The molecule has 0 saturated carbocycles. The zero-order chi connectivity index (χ0) is 23.9. The van der Waals surface area contributed by atoms with Gasteiger partial charge in [-0.2, -0.15) is 23.3 Å². The molecule has 3 heterocycles. The standard InChI is InChI=1S/C23H19F3N6O2/c24-23(25,26)19-9-10-32(29-19)16-7-5-15(6-8-16)21(34)30-11-13-31(14-12-30)22-27-18-4-2-1-3-17(18)20(33)28-22/h1-10,17H,11-14H2. The van der Waals surface area contributed by atoms with Crippen LogP contribution in [-0.2, 0) is 11.0 Å². The summed E-state index contributed by atoms with van der Waals surface area (Å²) >= 11 is 0. The van der Waals surface area contributed by atoms with E-state index in [1.165, 1.54) is 6.20 Å². The maximum absolute atomic E-state index is 12.9. The van der Waals surface area contributed by atoms with E-state index in [9.17, 15) is 22.8 Å². The minimum absolute atomic E-state index is 0.184. The summed E-state index contributed by atoms with van der Waals surface area (Å²) in [6.07, 6.45) is 3.90. The molecule has 1 fully saturated rings. The SMILES string of the molecule is O=C1N=C(N2CCN(C(=O)c3ccc(-n4ccc(C(F)(F)F)n4)cc3)CC2)N=C2C=CC=CC12. The lowest BCUT2D eigenvalue weighted by Gasteiger charge is -2.36. The van der Waals surface area contributed by atoms with Gasteiger partial charge in [0, 0.05) is 37.9 Å². The molecular formula is C23H19F3N6O2. The number of aliphatic imine (C=N–C) groups is 2. The fourth-order valence-corrected chi connectivity index (χ4v) is 3.97. The van der Waals surface area contributed by atoms with Crippen molar-refractivity contribution in [3.8, 4) is 5.69 Å². The van der Waals surface area contributed by atoms with Crippen LogP contribution in [0.1, 0.15) is 16.1 Å². The Balaban J connectivity index is 1.22. The molecule has 8 nitrogen and oxygen atoms in total. The Morgan fingerprint density at radius 3 is 2.38 bits per heavy atom. The average molecular weight is 468 g/mol. The van der Waals surface area contributed by atoms with Crippen molar-refractivity contribution in [1.29, 1.82) is 0 Å². The number of guanidine groups is 1. The number of amides is 2. The monoisotopic (exact) mass is 468 g/mol. The maximum Gasteiger partial charge on any atom is 0.435 e. The summed E-state index contributed by atoms with van der Waals surface area (Å²) < 4.78 is 39.4. The summed E-state index contributed by atoms with van der Waals surface area (Å²) in [6.45, 7) is 1.80. The number of allylic oxidation sites excluding steroid dienone is 3. The number of nitrogens with zero attached hydrogens (tertiary/aromatic N) is 6. The Kier molecular flexibility index (Phi) is 5.39. The van der Waals surface area contributed by atoms with Crippen molar-refractivity contribution in [2.75, 3.05) is 26.2 Å². The van der Waals surface area contributed by atoms with Gasteiger partial charge in [-0.15, -0.1) is 0 Å². The van der Waals surface area contributed by atoms with Gasteiger partial charge in [-0.1, -0.05) is 18.2 Å². The first kappa shape index (κ1) is 21.8. The van der Waals surface area contributed by atoms with Crippen LogP contribution in [0.3, 0.4) is 0 Å². The molecule has 5 rings (SSSR count). The van der Waals surface area contributed by atoms with Crippen LogP contribution in [-0.4, -0.2) is 69.2 Å². The highest BCUT2D eigenvalue weighted by molar-refractivity contribution is 6.21. The molecule has 0 bridgehead atoms. The van der Waals surface area contributed by atoms with Crippen molar-refractivity contribution >= 4 is 23.5 Å². The van der Waals surface area contributed by atoms with Crippen molar-refractivity contribution in [2.24, 2.45) is 15.9 Å². The summed E-state index contributed by atoms with van der Waals surface area (Å²) in [5.41, 5.74) is 0.524. The number of aromatic nitrogens is 2. The number of piperazine rings is 1. The molecule has 174 valence electrons. The van der Waals surface area contributed by atoms with Crippen molar-refractivity contribution in [3.63, 3.8) is 0 Å². The summed E-state index contributed by atoms with van der Waals surface area (Å²) in [7, 11) is 0. The minimum Gasteiger partial charge on any atom is -0.337 e. The average Bonchev–Trinajstić information content (AvgIpc) is 3.35. The normalized spacial score (nSPS) is 20.2. The Labute approximate surface area is 192 Å². The Morgan fingerprint density at radius 1 is 0.971 bits per heavy atom. The van der Waals surface area contributed by atoms with E-state index in [-0.39, 0.29) is 11.8 Å². The van der Waals surface area contributed by atoms with Crippen LogP contribution in [0.4, 0.5) is 13.2 Å². The third-order valence-corrected chi connectivity index (χ3v) is 5.81. The molecule has 2 aliphatic heterocycles. The van der Waals surface area contributed by atoms with E-state index in [1.807, 2.05) is 11.0 Å². The van der Waals surface area contributed by atoms with Crippen molar-refractivity contribution in [1.82, 2.24) is 19.6 Å². The number of hydrogen-bond donors (Lipinski definition) is 0. The number of fused-ring (bicyclic) bond motifs is 1. The smallest absolute Gasteiger partial charge is 0.337 e. The lowest BCUT2D eigenvalue weighted by molar-refractivity contribution is -0.141. The van der Waals surface area contributed by atoms with Crippen LogP contribution in [0.15, 0.2) is 70.8 Å². The van der Waals surface area contributed by atoms with E-state index < -0.39 is 17.8 Å². The fourth-order valence-electron chi connectivity index (χ4n) is 3.97. The van der Waals surface area contributed by atoms with Gasteiger partial charge in [0.25, 0.3) is 11.8 Å². The van der Waals surface area contributed by atoms with Gasteiger partial charge in [0.2, 0.25) is 5.96 Å². The van der Waals surface area contributed by atoms with Crippen molar-refractivity contribution in [3.05, 3.63) is 72.1 Å². The van der Waals surface area contributed by atoms with Gasteiger partial charge in [0.1, 0.15) is 5.92 Å². The molecule has 1 saturated heterocycles. The molecule has 2 amide bonds. The molecule has 1 aromatic heterocycles. The van der Waals surface area contributed by atoms with Crippen LogP contribution in [0.25, 0.3) is 5.69 Å². The first-order valence-corrected chi connectivity index (χ1v) is 10.6. The second-order valence-electron chi connectivity index (χ2n) is 7.98. The molecule has 0 spiro atoms. The van der Waals surface area contributed by atoms with Crippen LogP contribution in [0.2, 0.25) is 0 Å². The van der Waals surface area contributed by atoms with Gasteiger partial charge in [0.05, 0.1) is 11.4 Å². The summed E-state index contributed by atoms with van der Waals surface area (Å²) in [6, 6.07) is 7.14. The lowest BCUT2D eigenvalue weighted by Crippen LogP contribution is -2.51. The van der Waals surface area contributed by atoms with E-state index in [2.05, 4.69) is 15.1 Å². The maximum atomic E-state index is 12.9. The largest absolute Gasteiger partial charge is 0.435 e. The fraction of sp³-hybridized carbons (Fsp3) is 0.261. The zero-order valence-corrected chi connectivity index (χ0v) is 17.8. The quantitative estimate of drug-likeness (QED) is 0.679. The number of carbonyl (C=O) groups excluding carboxylic acids is 2. The molecule has 1 aliphatic carbocycles. The molecule has 2 aromatic rings. The van der Waals surface area contributed by atoms with Crippen molar-refractivity contribution in [2.45, 2.75) is 6.18 Å². The molecule has 11 heteroatoms. The van der Waals surface area contributed by atoms with Gasteiger partial charge >= 0.3 is 6.18 Å². The van der Waals surface area contributed by atoms with Crippen LogP contribution < -0.4 is 0 Å². The molecular weight excluding hydrogens is 449 g/mol. The third-order valence-electron chi connectivity index (χ3n) is 5.81. The van der Waals surface area contributed by atoms with Gasteiger partial charge in [-0.3, -0.25) is 9.59 Å². The van der Waals surface area contributed by atoms with E-state index >= 15 is 0 Å². The van der Waals surface area contributed by atoms with Gasteiger partial charge in [0.15, 0.2) is 5.69 Å². The molecule has 3 aliphatic rings. The Hall–Kier alpha value is -4.02. The van der Waals surface area contributed by atoms with Crippen molar-refractivity contribution < 1.29 is 22.8 Å². The first-order valence-electron chi connectivity index (χ1n) is 10.6. The topological polar surface area (TPSA) is 83.2 Å². The number of hydrogen-bond acceptors (Lipinski definition) is 5. The molecule has 34 heavy (non-hydrogen) atoms. The summed E-state index contributed by atoms with van der Waals surface area (Å²) in [4.78, 5) is 37.4. The molecule has 1 atom stereocenters. The minimum atomic E-state index is -4.52. The van der Waals surface area contributed by atoms with Crippen LogP contribution >= 0.6 is 0 Å². The van der Waals surface area contributed by atoms with Gasteiger partial charge < -0.3 is 9.80 Å². The van der Waals surface area contributed by atoms with E-state index in [0.717, 1.165) is 10.7 Å². The molecule has 1 aromatic carbocycles. The number of halogens is 3. The number of carbonyl (C=O) groups is 2. The van der Waals surface area contributed by atoms with E-state index in [4.69, 9.17) is 0 Å². The number of alkyl halides is 3. The third kappa shape index (κ3) is 4.16. The van der Waals surface area contributed by atoms with Gasteiger partial charge in [-0.25, -0.2) is 9.67 Å². The molecule has 1 unspecified atom stereocenters. The molecule has 0 radical (unpaired) electrons. The Morgan fingerprint density at radius 2 is 1.71 bits per heavy atom.